The largest absolute Gasteiger partial charge is 0.493 e. The van der Waals surface area contributed by atoms with Gasteiger partial charge in [0.25, 0.3) is 0 Å². The van der Waals surface area contributed by atoms with Crippen molar-refractivity contribution in [3.05, 3.63) is 17.7 Å². The van der Waals surface area contributed by atoms with Crippen LogP contribution in [0.3, 0.4) is 0 Å². The van der Waals surface area contributed by atoms with Crippen molar-refractivity contribution in [2.24, 2.45) is 5.41 Å². The number of aliphatic carboxylic acids is 1. The summed E-state index contributed by atoms with van der Waals surface area (Å²) in [5.41, 5.74) is -0.961. The van der Waals surface area contributed by atoms with E-state index in [0.717, 1.165) is 0 Å². The van der Waals surface area contributed by atoms with E-state index in [2.05, 4.69) is 0 Å². The van der Waals surface area contributed by atoms with Crippen molar-refractivity contribution in [3.63, 3.8) is 0 Å². The molecule has 0 aromatic heterocycles. The van der Waals surface area contributed by atoms with E-state index in [1.165, 1.54) is 47.3 Å². The van der Waals surface area contributed by atoms with Gasteiger partial charge in [-0.2, -0.15) is 0 Å². The molecule has 0 aliphatic carbocycles. The van der Waals surface area contributed by atoms with E-state index in [-0.39, 0.29) is 0 Å². The number of benzene rings is 1. The molecule has 0 fully saturated rings. The average Bonchev–Trinajstić information content (AvgIpc) is 2.44. The number of carbonyl (C=O) groups is 1. The molecule has 0 saturated carbocycles. The quantitative estimate of drug-likeness (QED) is 0.829. The van der Waals surface area contributed by atoms with Gasteiger partial charge in [-0.05, 0) is 31.5 Å². The van der Waals surface area contributed by atoms with Gasteiger partial charge >= 0.3 is 5.97 Å². The molecule has 0 aliphatic heterocycles. The Balaban J connectivity index is 3.36. The summed E-state index contributed by atoms with van der Waals surface area (Å²) in [6, 6.07) is 3.08. The molecule has 1 rings (SSSR count). The van der Waals surface area contributed by atoms with Crippen LogP contribution in [0.25, 0.3) is 0 Å². The third kappa shape index (κ3) is 2.80. The second-order valence-corrected chi connectivity index (χ2v) is 4.89. The zero-order valence-electron chi connectivity index (χ0n) is 12.3. The fourth-order valence-corrected chi connectivity index (χ4v) is 1.79. The van der Waals surface area contributed by atoms with Crippen LogP contribution in [0.4, 0.5) is 0 Å². The molecule has 1 aromatic rings. The van der Waals surface area contributed by atoms with Gasteiger partial charge in [-0.3, -0.25) is 4.79 Å². The summed E-state index contributed by atoms with van der Waals surface area (Å²) in [6.45, 7) is 2.90. The van der Waals surface area contributed by atoms with E-state index < -0.39 is 17.5 Å². The highest BCUT2D eigenvalue weighted by molar-refractivity contribution is 5.75. The lowest BCUT2D eigenvalue weighted by Crippen LogP contribution is -2.31. The molecule has 0 aliphatic rings. The van der Waals surface area contributed by atoms with Gasteiger partial charge in [0.1, 0.15) is 0 Å². The van der Waals surface area contributed by atoms with E-state index in [9.17, 15) is 15.0 Å². The molecular formula is C14H20O6. The van der Waals surface area contributed by atoms with Crippen molar-refractivity contribution >= 4 is 5.97 Å². The first-order chi connectivity index (χ1) is 9.29. The second-order valence-electron chi connectivity index (χ2n) is 4.89. The molecule has 2 N–H and O–H groups in total. The Hall–Kier alpha value is -1.95. The van der Waals surface area contributed by atoms with E-state index in [1.54, 1.807) is 0 Å². The van der Waals surface area contributed by atoms with Crippen molar-refractivity contribution in [1.29, 1.82) is 0 Å². The van der Waals surface area contributed by atoms with Crippen LogP contribution in [0.5, 0.6) is 17.2 Å². The molecule has 1 atom stereocenters. The normalized spacial score (nSPS) is 12.7. The number of ether oxygens (including phenoxy) is 3. The summed E-state index contributed by atoms with van der Waals surface area (Å²) >= 11 is 0. The lowest BCUT2D eigenvalue weighted by atomic mass is 9.82. The predicted molar refractivity (Wildman–Crippen MR) is 72.5 cm³/mol. The van der Waals surface area contributed by atoms with Crippen molar-refractivity contribution in [3.8, 4) is 17.2 Å². The maximum atomic E-state index is 11.2. The first-order valence-corrected chi connectivity index (χ1v) is 6.01. The smallest absolute Gasteiger partial charge is 0.312 e. The Kier molecular flexibility index (Phi) is 4.83. The molecule has 6 nitrogen and oxygen atoms in total. The van der Waals surface area contributed by atoms with Gasteiger partial charge < -0.3 is 24.4 Å². The SMILES string of the molecule is COc1cc(C(O)C(C)(C)C(=O)O)cc(OC)c1OC. The number of methoxy groups -OCH3 is 3. The van der Waals surface area contributed by atoms with Crippen LogP contribution in [0.1, 0.15) is 25.5 Å². The monoisotopic (exact) mass is 284 g/mol. The molecule has 112 valence electrons. The van der Waals surface area contributed by atoms with Crippen molar-refractivity contribution in [1.82, 2.24) is 0 Å². The summed E-state index contributed by atoms with van der Waals surface area (Å²) in [5, 5.41) is 19.5. The van der Waals surface area contributed by atoms with Gasteiger partial charge in [0, 0.05) is 0 Å². The molecule has 6 heteroatoms. The van der Waals surface area contributed by atoms with Crippen LogP contribution in [-0.2, 0) is 4.79 Å². The summed E-state index contributed by atoms with van der Waals surface area (Å²) in [4.78, 5) is 11.2. The third-order valence-corrected chi connectivity index (χ3v) is 3.24. The maximum absolute atomic E-state index is 11.2. The minimum absolute atomic E-state index is 0.363. The summed E-state index contributed by atoms with van der Waals surface area (Å²) < 4.78 is 15.5. The molecule has 0 spiro atoms. The zero-order chi connectivity index (χ0) is 15.5. The topological polar surface area (TPSA) is 85.2 Å². The first kappa shape index (κ1) is 16.1. The number of aliphatic hydroxyl groups is 1. The predicted octanol–water partition coefficient (Wildman–Crippen LogP) is 1.86. The fraction of sp³-hybridized carbons (Fsp3) is 0.500. The lowest BCUT2D eigenvalue weighted by Gasteiger charge is -2.27. The van der Waals surface area contributed by atoms with E-state index in [0.29, 0.717) is 22.8 Å². The Morgan fingerprint density at radius 2 is 1.55 bits per heavy atom. The zero-order valence-corrected chi connectivity index (χ0v) is 12.3. The number of rotatable bonds is 6. The number of aliphatic hydroxyl groups excluding tert-OH is 1. The Bertz CT molecular complexity index is 469. The maximum Gasteiger partial charge on any atom is 0.312 e. The van der Waals surface area contributed by atoms with Gasteiger partial charge in [-0.25, -0.2) is 0 Å². The molecule has 0 radical (unpaired) electrons. The molecule has 1 aromatic carbocycles. The van der Waals surface area contributed by atoms with Crippen LogP contribution in [0, 0.1) is 5.41 Å². The Morgan fingerprint density at radius 1 is 1.10 bits per heavy atom. The van der Waals surface area contributed by atoms with E-state index >= 15 is 0 Å². The molecule has 20 heavy (non-hydrogen) atoms. The number of hydrogen-bond acceptors (Lipinski definition) is 5. The Morgan fingerprint density at radius 3 is 1.85 bits per heavy atom. The highest BCUT2D eigenvalue weighted by Crippen LogP contribution is 2.43. The fourth-order valence-electron chi connectivity index (χ4n) is 1.79. The van der Waals surface area contributed by atoms with E-state index in [4.69, 9.17) is 14.2 Å². The van der Waals surface area contributed by atoms with Crippen LogP contribution >= 0.6 is 0 Å². The van der Waals surface area contributed by atoms with Gasteiger partial charge in [-0.15, -0.1) is 0 Å². The molecule has 1 unspecified atom stereocenters. The van der Waals surface area contributed by atoms with Crippen LogP contribution < -0.4 is 14.2 Å². The highest BCUT2D eigenvalue weighted by Gasteiger charge is 2.37. The van der Waals surface area contributed by atoms with Gasteiger partial charge in [0.05, 0.1) is 32.8 Å². The second kappa shape index (κ2) is 6.00. The lowest BCUT2D eigenvalue weighted by molar-refractivity contribution is -0.153. The van der Waals surface area contributed by atoms with Crippen molar-refractivity contribution in [2.75, 3.05) is 21.3 Å². The third-order valence-electron chi connectivity index (χ3n) is 3.24. The number of hydrogen-bond donors (Lipinski definition) is 2. The molecule has 0 heterocycles. The molecule has 0 saturated heterocycles. The minimum atomic E-state index is -1.34. The van der Waals surface area contributed by atoms with Crippen LogP contribution in [0.15, 0.2) is 12.1 Å². The standard InChI is InChI=1S/C14H20O6/c1-14(2,13(16)17)12(15)8-6-9(18-3)11(20-5)10(7-8)19-4/h6-7,12,15H,1-5H3,(H,16,17). The number of carboxylic acid groups (broad SMARTS) is 1. The highest BCUT2D eigenvalue weighted by atomic mass is 16.5. The average molecular weight is 284 g/mol. The van der Waals surface area contributed by atoms with Crippen molar-refractivity contribution in [2.45, 2.75) is 20.0 Å². The summed E-state index contributed by atoms with van der Waals surface area (Å²) in [5.74, 6) is 0.0158. The summed E-state index contributed by atoms with van der Waals surface area (Å²) in [6.07, 6.45) is -1.21. The molecular weight excluding hydrogens is 264 g/mol. The van der Waals surface area contributed by atoms with Gasteiger partial charge in [-0.1, -0.05) is 0 Å². The van der Waals surface area contributed by atoms with Crippen LogP contribution in [-0.4, -0.2) is 37.5 Å². The van der Waals surface area contributed by atoms with Gasteiger partial charge in [0.2, 0.25) is 5.75 Å². The number of carboxylic acids is 1. The Labute approximate surface area is 117 Å². The van der Waals surface area contributed by atoms with Crippen LogP contribution in [0.2, 0.25) is 0 Å². The van der Waals surface area contributed by atoms with E-state index in [1.807, 2.05) is 0 Å². The van der Waals surface area contributed by atoms with Gasteiger partial charge in [0.15, 0.2) is 11.5 Å². The molecule has 0 amide bonds. The minimum Gasteiger partial charge on any atom is -0.493 e. The first-order valence-electron chi connectivity index (χ1n) is 6.01. The summed E-state index contributed by atoms with van der Waals surface area (Å²) in [7, 11) is 4.38. The van der Waals surface area contributed by atoms with Crippen molar-refractivity contribution < 1.29 is 29.2 Å². The molecule has 0 bridgehead atoms.